The monoisotopic (exact) mass is 333 g/mol. The Hall–Kier alpha value is -2.25. The van der Waals surface area contributed by atoms with Gasteiger partial charge >= 0.3 is 0 Å². The first-order chi connectivity index (χ1) is 10.7. The normalized spacial score (nSPS) is 10.6. The molecule has 0 atom stereocenters. The summed E-state index contributed by atoms with van der Waals surface area (Å²) in [5.41, 5.74) is 1.94. The fourth-order valence-corrected chi connectivity index (χ4v) is 2.79. The fraction of sp³-hybridized carbons (Fsp3) is 0.143. The summed E-state index contributed by atoms with van der Waals surface area (Å²) in [5, 5.41) is 12.6. The zero-order valence-electron chi connectivity index (χ0n) is 11.4. The van der Waals surface area contributed by atoms with Gasteiger partial charge < -0.3 is 5.32 Å². The van der Waals surface area contributed by atoms with Crippen molar-refractivity contribution in [1.82, 2.24) is 25.5 Å². The smallest absolute Gasteiger partial charge is 0.288 e. The van der Waals surface area contributed by atoms with E-state index in [4.69, 9.17) is 11.6 Å². The van der Waals surface area contributed by atoms with Crippen molar-refractivity contribution in [2.24, 2.45) is 0 Å². The quantitative estimate of drug-likeness (QED) is 0.751. The van der Waals surface area contributed by atoms with E-state index in [1.54, 1.807) is 11.3 Å². The number of aromatic nitrogens is 4. The van der Waals surface area contributed by atoms with Crippen molar-refractivity contribution in [1.29, 1.82) is 0 Å². The number of carbonyl (C=O) groups is 1. The van der Waals surface area contributed by atoms with Crippen molar-refractivity contribution in [2.75, 3.05) is 6.54 Å². The van der Waals surface area contributed by atoms with Gasteiger partial charge in [0, 0.05) is 28.9 Å². The highest BCUT2D eigenvalue weighted by Gasteiger charge is 2.09. The van der Waals surface area contributed by atoms with E-state index in [1.807, 2.05) is 29.6 Å². The van der Waals surface area contributed by atoms with Crippen LogP contribution in [0.15, 0.2) is 36.0 Å². The Kier molecular flexibility index (Phi) is 4.45. The molecule has 0 radical (unpaired) electrons. The summed E-state index contributed by atoms with van der Waals surface area (Å²) < 4.78 is 0. The maximum absolute atomic E-state index is 11.7. The van der Waals surface area contributed by atoms with E-state index in [9.17, 15) is 4.79 Å². The van der Waals surface area contributed by atoms with E-state index in [0.29, 0.717) is 18.0 Å². The predicted octanol–water partition coefficient (Wildman–Crippen LogP) is 2.55. The number of thiazole rings is 1. The highest BCUT2D eigenvalue weighted by Crippen LogP contribution is 2.23. The predicted molar refractivity (Wildman–Crippen MR) is 85.0 cm³/mol. The van der Waals surface area contributed by atoms with Gasteiger partial charge in [-0.25, -0.2) is 9.97 Å². The highest BCUT2D eigenvalue weighted by atomic mass is 35.5. The largest absolute Gasteiger partial charge is 0.349 e. The van der Waals surface area contributed by atoms with Gasteiger partial charge in [-0.15, -0.1) is 11.3 Å². The number of hydrogen-bond acceptors (Lipinski definition) is 5. The third-order valence-corrected chi connectivity index (χ3v) is 4.11. The Morgan fingerprint density at radius 3 is 2.86 bits per heavy atom. The highest BCUT2D eigenvalue weighted by molar-refractivity contribution is 7.09. The van der Waals surface area contributed by atoms with Crippen molar-refractivity contribution in [3.8, 4) is 11.3 Å². The molecule has 8 heteroatoms. The van der Waals surface area contributed by atoms with Gasteiger partial charge in [0.05, 0.1) is 10.7 Å². The summed E-state index contributed by atoms with van der Waals surface area (Å²) in [4.78, 5) is 20.0. The third-order valence-electron chi connectivity index (χ3n) is 2.95. The molecular formula is C14H12ClN5OS. The van der Waals surface area contributed by atoms with Gasteiger partial charge in [-0.3, -0.25) is 9.89 Å². The molecule has 0 bridgehead atoms. The zero-order chi connectivity index (χ0) is 15.4. The van der Waals surface area contributed by atoms with Crippen LogP contribution in [0.2, 0.25) is 5.02 Å². The van der Waals surface area contributed by atoms with Gasteiger partial charge in [-0.1, -0.05) is 23.7 Å². The molecule has 112 valence electrons. The lowest BCUT2D eigenvalue weighted by atomic mass is 10.2. The molecule has 2 aromatic heterocycles. The standard InChI is InChI=1S/C14H12ClN5OS/c15-10-3-1-9(2-4-10)11-7-22-12(19-11)5-6-16-14(21)13-17-8-18-20-13/h1-4,7-8H,5-6H2,(H,16,21)(H,17,18,20). The number of nitrogens with one attached hydrogen (secondary N) is 2. The van der Waals surface area contributed by atoms with Crippen molar-refractivity contribution >= 4 is 28.8 Å². The van der Waals surface area contributed by atoms with Crippen LogP contribution in [-0.4, -0.2) is 32.6 Å². The topological polar surface area (TPSA) is 83.6 Å². The van der Waals surface area contributed by atoms with Crippen LogP contribution in [0.5, 0.6) is 0 Å². The van der Waals surface area contributed by atoms with E-state index in [-0.39, 0.29) is 11.7 Å². The number of nitrogens with zero attached hydrogens (tertiary/aromatic N) is 3. The summed E-state index contributed by atoms with van der Waals surface area (Å²) in [5.74, 6) is -0.0621. The van der Waals surface area contributed by atoms with E-state index in [0.717, 1.165) is 16.3 Å². The molecule has 0 spiro atoms. The van der Waals surface area contributed by atoms with Crippen molar-refractivity contribution < 1.29 is 4.79 Å². The molecule has 3 aromatic rings. The number of aromatic amines is 1. The van der Waals surface area contributed by atoms with Gasteiger partial charge in [-0.05, 0) is 12.1 Å². The Morgan fingerprint density at radius 1 is 1.32 bits per heavy atom. The van der Waals surface area contributed by atoms with Gasteiger partial charge in [0.25, 0.3) is 5.91 Å². The second kappa shape index (κ2) is 6.67. The molecule has 0 unspecified atom stereocenters. The van der Waals surface area contributed by atoms with Crippen LogP contribution in [0, 0.1) is 0 Å². The van der Waals surface area contributed by atoms with Crippen LogP contribution < -0.4 is 5.32 Å². The van der Waals surface area contributed by atoms with Crippen LogP contribution in [0.25, 0.3) is 11.3 Å². The average Bonchev–Trinajstić information content (AvgIpc) is 3.19. The van der Waals surface area contributed by atoms with E-state index in [2.05, 4.69) is 25.5 Å². The maximum atomic E-state index is 11.7. The summed E-state index contributed by atoms with van der Waals surface area (Å²) in [6, 6.07) is 7.56. The van der Waals surface area contributed by atoms with Crippen molar-refractivity contribution in [2.45, 2.75) is 6.42 Å². The number of amides is 1. The van der Waals surface area contributed by atoms with Crippen molar-refractivity contribution in [3.05, 3.63) is 51.8 Å². The van der Waals surface area contributed by atoms with Gasteiger partial charge in [0.2, 0.25) is 5.82 Å². The molecular weight excluding hydrogens is 322 g/mol. The SMILES string of the molecule is O=C(NCCc1nc(-c2ccc(Cl)cc2)cs1)c1ncn[nH]1. The minimum absolute atomic E-state index is 0.209. The first-order valence-corrected chi connectivity index (χ1v) is 7.82. The van der Waals surface area contributed by atoms with Gasteiger partial charge in [0.1, 0.15) is 6.33 Å². The van der Waals surface area contributed by atoms with Crippen LogP contribution >= 0.6 is 22.9 Å². The zero-order valence-corrected chi connectivity index (χ0v) is 13.0. The molecule has 0 fully saturated rings. The lowest BCUT2D eigenvalue weighted by molar-refractivity contribution is 0.0944. The van der Waals surface area contributed by atoms with E-state index in [1.165, 1.54) is 6.33 Å². The first-order valence-electron chi connectivity index (χ1n) is 6.56. The Morgan fingerprint density at radius 2 is 2.14 bits per heavy atom. The van der Waals surface area contributed by atoms with E-state index >= 15 is 0 Å². The summed E-state index contributed by atoms with van der Waals surface area (Å²) in [6.07, 6.45) is 1.96. The van der Waals surface area contributed by atoms with Crippen LogP contribution in [0.1, 0.15) is 15.6 Å². The van der Waals surface area contributed by atoms with E-state index < -0.39 is 0 Å². The molecule has 22 heavy (non-hydrogen) atoms. The molecule has 6 nitrogen and oxygen atoms in total. The molecule has 0 saturated carbocycles. The molecule has 1 amide bonds. The van der Waals surface area contributed by atoms with Gasteiger partial charge in [-0.2, -0.15) is 5.10 Å². The Balaban J connectivity index is 1.56. The minimum atomic E-state index is -0.271. The number of H-pyrrole nitrogens is 1. The second-order valence-corrected chi connectivity index (χ2v) is 5.85. The molecule has 1 aromatic carbocycles. The Bertz CT molecular complexity index is 754. The molecule has 2 heterocycles. The molecule has 0 saturated heterocycles. The van der Waals surface area contributed by atoms with Crippen molar-refractivity contribution in [3.63, 3.8) is 0 Å². The summed E-state index contributed by atoms with van der Waals surface area (Å²) in [6.45, 7) is 0.493. The lowest BCUT2D eigenvalue weighted by Gasteiger charge is -2.00. The number of hydrogen-bond donors (Lipinski definition) is 2. The molecule has 0 aliphatic carbocycles. The Labute approximate surface area is 135 Å². The number of rotatable bonds is 5. The summed E-state index contributed by atoms with van der Waals surface area (Å²) in [7, 11) is 0. The third kappa shape index (κ3) is 3.49. The number of benzene rings is 1. The lowest BCUT2D eigenvalue weighted by Crippen LogP contribution is -2.26. The first kappa shape index (κ1) is 14.7. The van der Waals surface area contributed by atoms with Crippen LogP contribution in [0.4, 0.5) is 0 Å². The molecule has 3 rings (SSSR count). The maximum Gasteiger partial charge on any atom is 0.288 e. The van der Waals surface area contributed by atoms with Crippen LogP contribution in [0.3, 0.4) is 0 Å². The minimum Gasteiger partial charge on any atom is -0.349 e. The van der Waals surface area contributed by atoms with Gasteiger partial charge in [0.15, 0.2) is 0 Å². The molecule has 0 aliphatic heterocycles. The van der Waals surface area contributed by atoms with Crippen LogP contribution in [-0.2, 0) is 6.42 Å². The molecule has 0 aliphatic rings. The second-order valence-electron chi connectivity index (χ2n) is 4.47. The number of carbonyl (C=O) groups excluding carboxylic acids is 1. The summed E-state index contributed by atoms with van der Waals surface area (Å²) >= 11 is 7.44. The average molecular weight is 334 g/mol. The fourth-order valence-electron chi connectivity index (χ4n) is 1.86. The number of halogens is 1. The molecule has 2 N–H and O–H groups in total.